The molecule has 2 aromatic carbocycles. The van der Waals surface area contributed by atoms with Gasteiger partial charge in [0.25, 0.3) is 5.91 Å². The van der Waals surface area contributed by atoms with E-state index in [1.165, 1.54) is 11.1 Å². The van der Waals surface area contributed by atoms with Gasteiger partial charge in [-0.3, -0.25) is 14.6 Å². The molecule has 2 aliphatic heterocycles. The molecule has 4 rings (SSSR count). The second-order valence-corrected chi connectivity index (χ2v) is 9.29. The van der Waals surface area contributed by atoms with Crippen LogP contribution in [0.4, 0.5) is 0 Å². The van der Waals surface area contributed by atoms with Crippen LogP contribution in [-0.4, -0.2) is 72.0 Å². The highest BCUT2D eigenvalue weighted by atomic mass is 16.5. The zero-order valence-corrected chi connectivity index (χ0v) is 18.6. The highest BCUT2D eigenvalue weighted by Gasteiger charge is 2.43. The number of carbonyl (C=O) groups excluding carboxylic acids is 1. The maximum atomic E-state index is 13.1. The van der Waals surface area contributed by atoms with Gasteiger partial charge in [0.1, 0.15) is 5.75 Å². The number of rotatable bonds is 4. The third-order valence-electron chi connectivity index (χ3n) is 6.49. The Morgan fingerprint density at radius 2 is 1.73 bits per heavy atom. The summed E-state index contributed by atoms with van der Waals surface area (Å²) in [4.78, 5) is 20.2. The Bertz CT molecular complexity index is 876. The molecular formula is C25H33N3O2. The fourth-order valence-electron chi connectivity index (χ4n) is 4.98. The van der Waals surface area contributed by atoms with Gasteiger partial charge in [0.15, 0.2) is 0 Å². The molecule has 0 radical (unpaired) electrons. The molecule has 0 aliphatic carbocycles. The molecular weight excluding hydrogens is 374 g/mol. The van der Waals surface area contributed by atoms with E-state index in [0.717, 1.165) is 50.6 Å². The summed E-state index contributed by atoms with van der Waals surface area (Å²) in [6.45, 7) is 12.2. The second kappa shape index (κ2) is 8.40. The highest BCUT2D eigenvalue weighted by Crippen LogP contribution is 2.29. The fourth-order valence-corrected chi connectivity index (χ4v) is 4.98. The Morgan fingerprint density at radius 3 is 2.40 bits per heavy atom. The highest BCUT2D eigenvalue weighted by molar-refractivity contribution is 5.94. The van der Waals surface area contributed by atoms with Gasteiger partial charge in [0.2, 0.25) is 0 Å². The van der Waals surface area contributed by atoms with Crippen LogP contribution in [0.5, 0.6) is 5.75 Å². The third kappa shape index (κ3) is 4.37. The minimum Gasteiger partial charge on any atom is -0.497 e. The van der Waals surface area contributed by atoms with Gasteiger partial charge in [-0.2, -0.15) is 0 Å². The molecule has 160 valence electrons. The molecule has 2 saturated heterocycles. The van der Waals surface area contributed by atoms with E-state index in [4.69, 9.17) is 4.74 Å². The first-order chi connectivity index (χ1) is 14.4. The Morgan fingerprint density at radius 1 is 1.03 bits per heavy atom. The van der Waals surface area contributed by atoms with Crippen LogP contribution < -0.4 is 4.74 Å². The SMILES string of the molecule is COc1ccc(CN2CC3CN(C(=O)c4ccc(C)cc4)CCN3C(C)(C)C2)cc1. The molecule has 2 aromatic rings. The lowest BCUT2D eigenvalue weighted by Crippen LogP contribution is -2.69. The van der Waals surface area contributed by atoms with Gasteiger partial charge in [0, 0.05) is 56.4 Å². The van der Waals surface area contributed by atoms with Crippen molar-refractivity contribution < 1.29 is 9.53 Å². The molecule has 0 aromatic heterocycles. The number of carbonyl (C=O) groups is 1. The van der Waals surface area contributed by atoms with Crippen LogP contribution in [-0.2, 0) is 6.54 Å². The minimum atomic E-state index is 0.0917. The van der Waals surface area contributed by atoms with Gasteiger partial charge in [-0.05, 0) is 50.6 Å². The smallest absolute Gasteiger partial charge is 0.253 e. The largest absolute Gasteiger partial charge is 0.497 e. The summed E-state index contributed by atoms with van der Waals surface area (Å²) in [5.74, 6) is 1.04. The lowest BCUT2D eigenvalue weighted by molar-refractivity contribution is -0.0613. The van der Waals surface area contributed by atoms with Crippen molar-refractivity contribution in [3.8, 4) is 5.75 Å². The van der Waals surface area contributed by atoms with Gasteiger partial charge < -0.3 is 9.64 Å². The van der Waals surface area contributed by atoms with E-state index in [2.05, 4.69) is 42.7 Å². The summed E-state index contributed by atoms with van der Waals surface area (Å²) in [7, 11) is 1.70. The number of nitrogens with zero attached hydrogens (tertiary/aromatic N) is 3. The molecule has 2 heterocycles. The van der Waals surface area contributed by atoms with Crippen molar-refractivity contribution in [3.05, 3.63) is 65.2 Å². The number of amides is 1. The molecule has 1 unspecified atom stereocenters. The third-order valence-corrected chi connectivity index (χ3v) is 6.49. The first kappa shape index (κ1) is 20.9. The number of methoxy groups -OCH3 is 1. The van der Waals surface area contributed by atoms with Gasteiger partial charge in [0.05, 0.1) is 7.11 Å². The number of benzene rings is 2. The van der Waals surface area contributed by atoms with E-state index in [1.54, 1.807) is 7.11 Å². The van der Waals surface area contributed by atoms with Gasteiger partial charge in [-0.15, -0.1) is 0 Å². The zero-order chi connectivity index (χ0) is 21.3. The van der Waals surface area contributed by atoms with Crippen LogP contribution in [0.15, 0.2) is 48.5 Å². The Kier molecular flexibility index (Phi) is 5.85. The summed E-state index contributed by atoms with van der Waals surface area (Å²) in [6.07, 6.45) is 0. The van der Waals surface area contributed by atoms with Crippen LogP contribution in [0.2, 0.25) is 0 Å². The van der Waals surface area contributed by atoms with E-state index < -0.39 is 0 Å². The summed E-state index contributed by atoms with van der Waals surface area (Å²) >= 11 is 0. The maximum absolute atomic E-state index is 13.1. The molecule has 1 atom stereocenters. The number of hydrogen-bond acceptors (Lipinski definition) is 4. The molecule has 2 fully saturated rings. The summed E-state index contributed by atoms with van der Waals surface area (Å²) in [5.41, 5.74) is 3.36. The van der Waals surface area contributed by atoms with Crippen molar-refractivity contribution >= 4 is 5.91 Å². The summed E-state index contributed by atoms with van der Waals surface area (Å²) in [5, 5.41) is 0. The number of aryl methyl sites for hydroxylation is 1. The van der Waals surface area contributed by atoms with Crippen LogP contribution in [0, 0.1) is 6.92 Å². The Hall–Kier alpha value is -2.37. The topological polar surface area (TPSA) is 36.0 Å². The molecule has 0 spiro atoms. The van der Waals surface area contributed by atoms with Crippen LogP contribution in [0.25, 0.3) is 0 Å². The molecule has 2 aliphatic rings. The second-order valence-electron chi connectivity index (χ2n) is 9.29. The lowest BCUT2D eigenvalue weighted by atomic mass is 9.92. The summed E-state index contributed by atoms with van der Waals surface area (Å²) < 4.78 is 5.28. The van der Waals surface area contributed by atoms with E-state index in [0.29, 0.717) is 6.04 Å². The molecule has 0 N–H and O–H groups in total. The Labute approximate surface area is 180 Å². The van der Waals surface area contributed by atoms with Gasteiger partial charge in [-0.1, -0.05) is 29.8 Å². The van der Waals surface area contributed by atoms with E-state index >= 15 is 0 Å². The number of piperazine rings is 2. The predicted molar refractivity (Wildman–Crippen MR) is 120 cm³/mol. The average Bonchev–Trinajstić information content (AvgIpc) is 2.73. The minimum absolute atomic E-state index is 0.0917. The normalized spacial score (nSPS) is 21.9. The average molecular weight is 408 g/mol. The van der Waals surface area contributed by atoms with Crippen LogP contribution in [0.3, 0.4) is 0 Å². The number of hydrogen-bond donors (Lipinski definition) is 0. The first-order valence-corrected chi connectivity index (χ1v) is 10.8. The van der Waals surface area contributed by atoms with Crippen molar-refractivity contribution in [2.45, 2.75) is 38.9 Å². The number of ether oxygens (including phenoxy) is 1. The molecule has 5 nitrogen and oxygen atoms in total. The van der Waals surface area contributed by atoms with Crippen molar-refractivity contribution in [1.29, 1.82) is 0 Å². The van der Waals surface area contributed by atoms with Gasteiger partial charge >= 0.3 is 0 Å². The quantitative estimate of drug-likeness (QED) is 0.778. The van der Waals surface area contributed by atoms with E-state index in [-0.39, 0.29) is 11.4 Å². The van der Waals surface area contributed by atoms with Crippen molar-refractivity contribution in [2.24, 2.45) is 0 Å². The van der Waals surface area contributed by atoms with Gasteiger partial charge in [-0.25, -0.2) is 0 Å². The fraction of sp³-hybridized carbons (Fsp3) is 0.480. The molecule has 5 heteroatoms. The summed E-state index contributed by atoms with van der Waals surface area (Å²) in [6, 6.07) is 16.6. The van der Waals surface area contributed by atoms with Crippen molar-refractivity contribution in [1.82, 2.24) is 14.7 Å². The number of fused-ring (bicyclic) bond motifs is 1. The first-order valence-electron chi connectivity index (χ1n) is 10.8. The molecule has 1 amide bonds. The van der Waals surface area contributed by atoms with E-state index in [9.17, 15) is 4.79 Å². The van der Waals surface area contributed by atoms with Crippen LogP contribution >= 0.6 is 0 Å². The lowest BCUT2D eigenvalue weighted by Gasteiger charge is -2.55. The van der Waals surface area contributed by atoms with Crippen LogP contribution in [0.1, 0.15) is 35.3 Å². The maximum Gasteiger partial charge on any atom is 0.253 e. The van der Waals surface area contributed by atoms with Crippen molar-refractivity contribution in [3.63, 3.8) is 0 Å². The standard InChI is InChI=1S/C25H33N3O2/c1-19-5-9-21(10-6-19)24(29)27-13-14-28-22(17-27)16-26(18-25(28,2)3)15-20-7-11-23(30-4)12-8-20/h5-12,22H,13-18H2,1-4H3. The molecule has 30 heavy (non-hydrogen) atoms. The van der Waals surface area contributed by atoms with Crippen molar-refractivity contribution in [2.75, 3.05) is 39.8 Å². The monoisotopic (exact) mass is 407 g/mol. The zero-order valence-electron chi connectivity index (χ0n) is 18.6. The molecule has 0 bridgehead atoms. The Balaban J connectivity index is 1.45. The molecule has 0 saturated carbocycles. The predicted octanol–water partition coefficient (Wildman–Crippen LogP) is 3.42. The van der Waals surface area contributed by atoms with E-state index in [1.807, 2.05) is 41.3 Å².